The molecular formula is C19H13Br2F3N6O. The molecule has 0 spiro atoms. The van der Waals surface area contributed by atoms with Crippen molar-refractivity contribution in [3.63, 3.8) is 0 Å². The molecule has 1 aromatic carbocycles. The molecule has 0 atom stereocenters. The number of nitrogens with zero attached hydrogens (tertiary/aromatic N) is 5. The van der Waals surface area contributed by atoms with Gasteiger partial charge in [-0.1, -0.05) is 12.1 Å². The third-order valence-electron chi connectivity index (χ3n) is 4.30. The Bertz CT molecular complexity index is 1300. The van der Waals surface area contributed by atoms with Gasteiger partial charge in [-0.15, -0.1) is 0 Å². The first-order valence-corrected chi connectivity index (χ1v) is 10.4. The Morgan fingerprint density at radius 2 is 2.00 bits per heavy atom. The minimum absolute atomic E-state index is 0.0803. The van der Waals surface area contributed by atoms with Gasteiger partial charge in [-0.25, -0.2) is 9.50 Å². The summed E-state index contributed by atoms with van der Waals surface area (Å²) >= 11 is 6.50. The average Bonchev–Trinajstić information content (AvgIpc) is 3.24. The Balaban J connectivity index is 1.63. The molecule has 0 radical (unpaired) electrons. The summed E-state index contributed by atoms with van der Waals surface area (Å²) in [6.45, 7) is 1.92. The van der Waals surface area contributed by atoms with Gasteiger partial charge in [0.25, 0.3) is 5.91 Å². The quantitative estimate of drug-likeness (QED) is 0.380. The Morgan fingerprint density at radius 3 is 2.68 bits per heavy atom. The maximum Gasteiger partial charge on any atom is 0.433 e. The number of aryl methyl sites for hydroxylation is 1. The molecule has 0 unspecified atom stereocenters. The Kier molecular flexibility index (Phi) is 5.60. The van der Waals surface area contributed by atoms with Crippen LogP contribution < -0.4 is 5.32 Å². The molecule has 0 fully saturated rings. The number of nitrogens with one attached hydrogen (secondary N) is 1. The zero-order valence-electron chi connectivity index (χ0n) is 15.8. The highest BCUT2D eigenvalue weighted by Crippen LogP contribution is 2.32. The van der Waals surface area contributed by atoms with Gasteiger partial charge in [0.15, 0.2) is 11.3 Å². The Labute approximate surface area is 190 Å². The van der Waals surface area contributed by atoms with Crippen molar-refractivity contribution in [2.75, 3.05) is 5.32 Å². The lowest BCUT2D eigenvalue weighted by Gasteiger charge is -2.09. The standard InChI is InChI=1S/C19H13Br2F3N6O/c1-10-5-14(19(22,23)24)30-17(26-10)15(21)16(28-30)18(31)27-13-4-2-3-11(6-13)8-29-9-12(20)7-25-29/h2-7,9H,8H2,1H3,(H,27,31). The number of fused-ring (bicyclic) bond motifs is 1. The molecule has 3 aromatic heterocycles. The van der Waals surface area contributed by atoms with Crippen LogP contribution in [-0.2, 0) is 12.7 Å². The number of aromatic nitrogens is 5. The van der Waals surface area contributed by atoms with E-state index in [-0.39, 0.29) is 21.5 Å². The van der Waals surface area contributed by atoms with Crippen LogP contribution in [0.3, 0.4) is 0 Å². The van der Waals surface area contributed by atoms with Gasteiger partial charge in [0.05, 0.1) is 21.7 Å². The first-order valence-electron chi connectivity index (χ1n) is 8.83. The summed E-state index contributed by atoms with van der Waals surface area (Å²) in [4.78, 5) is 16.9. The van der Waals surface area contributed by atoms with Gasteiger partial charge in [0, 0.05) is 17.6 Å². The van der Waals surface area contributed by atoms with E-state index in [0.29, 0.717) is 16.7 Å². The van der Waals surface area contributed by atoms with Gasteiger partial charge in [-0.05, 0) is 62.5 Å². The van der Waals surface area contributed by atoms with Crippen molar-refractivity contribution in [3.8, 4) is 0 Å². The van der Waals surface area contributed by atoms with E-state index >= 15 is 0 Å². The number of hydrogen-bond donors (Lipinski definition) is 1. The van der Waals surface area contributed by atoms with Crippen LogP contribution in [0.15, 0.2) is 51.7 Å². The minimum Gasteiger partial charge on any atom is -0.321 e. The molecule has 0 bridgehead atoms. The largest absolute Gasteiger partial charge is 0.433 e. The van der Waals surface area contributed by atoms with Crippen molar-refractivity contribution >= 4 is 49.1 Å². The van der Waals surface area contributed by atoms with Crippen molar-refractivity contribution < 1.29 is 18.0 Å². The van der Waals surface area contributed by atoms with Crippen LogP contribution in [-0.4, -0.2) is 30.3 Å². The lowest BCUT2D eigenvalue weighted by atomic mass is 10.2. The summed E-state index contributed by atoms with van der Waals surface area (Å²) < 4.78 is 43.5. The van der Waals surface area contributed by atoms with Crippen LogP contribution in [0.2, 0.25) is 0 Å². The van der Waals surface area contributed by atoms with Crippen LogP contribution in [0.5, 0.6) is 0 Å². The topological polar surface area (TPSA) is 77.1 Å². The SMILES string of the molecule is Cc1cc(C(F)(F)F)n2nc(C(=O)Nc3cccc(Cn4cc(Br)cn4)c3)c(Br)c2n1. The molecule has 7 nitrogen and oxygen atoms in total. The number of benzene rings is 1. The van der Waals surface area contributed by atoms with E-state index in [9.17, 15) is 18.0 Å². The highest BCUT2D eigenvalue weighted by molar-refractivity contribution is 9.11. The number of halogens is 5. The van der Waals surface area contributed by atoms with Gasteiger partial charge in [-0.2, -0.15) is 23.4 Å². The van der Waals surface area contributed by atoms with Gasteiger partial charge < -0.3 is 5.32 Å². The average molecular weight is 558 g/mol. The number of amides is 1. The number of anilines is 1. The van der Waals surface area contributed by atoms with Gasteiger partial charge in [0.2, 0.25) is 0 Å². The molecule has 12 heteroatoms. The van der Waals surface area contributed by atoms with Crippen LogP contribution in [0.4, 0.5) is 18.9 Å². The van der Waals surface area contributed by atoms with E-state index in [1.54, 1.807) is 29.1 Å². The normalized spacial score (nSPS) is 11.8. The summed E-state index contributed by atoms with van der Waals surface area (Å²) in [5.74, 6) is -0.665. The van der Waals surface area contributed by atoms with Crippen molar-refractivity contribution in [3.05, 3.63) is 74.3 Å². The zero-order valence-corrected chi connectivity index (χ0v) is 19.0. The van der Waals surface area contributed by atoms with Gasteiger partial charge >= 0.3 is 6.18 Å². The molecular weight excluding hydrogens is 545 g/mol. The third kappa shape index (κ3) is 4.49. The van der Waals surface area contributed by atoms with E-state index in [1.165, 1.54) is 6.92 Å². The number of carbonyl (C=O) groups is 1. The molecule has 4 aromatic rings. The third-order valence-corrected chi connectivity index (χ3v) is 5.44. The first-order chi connectivity index (χ1) is 14.6. The van der Waals surface area contributed by atoms with E-state index in [4.69, 9.17) is 0 Å². The molecule has 160 valence electrons. The predicted molar refractivity (Wildman–Crippen MR) is 114 cm³/mol. The zero-order chi connectivity index (χ0) is 22.3. The summed E-state index contributed by atoms with van der Waals surface area (Å²) in [7, 11) is 0. The van der Waals surface area contributed by atoms with E-state index in [0.717, 1.165) is 16.1 Å². The van der Waals surface area contributed by atoms with Crippen molar-refractivity contribution in [1.82, 2.24) is 24.4 Å². The number of alkyl halides is 3. The van der Waals surface area contributed by atoms with Crippen molar-refractivity contribution in [1.29, 1.82) is 0 Å². The molecule has 0 aliphatic carbocycles. The maximum absolute atomic E-state index is 13.4. The second-order valence-corrected chi connectivity index (χ2v) is 8.40. The number of carbonyl (C=O) groups excluding carboxylic acids is 1. The molecule has 0 saturated carbocycles. The molecule has 4 rings (SSSR count). The fourth-order valence-corrected chi connectivity index (χ4v) is 3.85. The smallest absolute Gasteiger partial charge is 0.321 e. The van der Waals surface area contributed by atoms with E-state index in [1.807, 2.05) is 12.3 Å². The van der Waals surface area contributed by atoms with Crippen LogP contribution >= 0.6 is 31.9 Å². The molecule has 3 heterocycles. The number of hydrogen-bond acceptors (Lipinski definition) is 4. The summed E-state index contributed by atoms with van der Waals surface area (Å²) in [6.07, 6.45) is -1.18. The van der Waals surface area contributed by atoms with E-state index in [2.05, 4.69) is 52.4 Å². The lowest BCUT2D eigenvalue weighted by molar-refractivity contribution is -0.142. The second kappa shape index (κ2) is 8.08. The van der Waals surface area contributed by atoms with Crippen LogP contribution in [0.1, 0.15) is 27.4 Å². The number of rotatable bonds is 4. The van der Waals surface area contributed by atoms with E-state index < -0.39 is 17.8 Å². The molecule has 0 aliphatic heterocycles. The molecule has 1 N–H and O–H groups in total. The minimum atomic E-state index is -4.65. The van der Waals surface area contributed by atoms with Crippen LogP contribution in [0.25, 0.3) is 5.65 Å². The predicted octanol–water partition coefficient (Wildman–Crippen LogP) is 5.08. The summed E-state index contributed by atoms with van der Waals surface area (Å²) in [5.41, 5.74) is 0.199. The first kappa shape index (κ1) is 21.5. The van der Waals surface area contributed by atoms with Crippen LogP contribution in [0, 0.1) is 6.92 Å². The molecule has 0 saturated heterocycles. The van der Waals surface area contributed by atoms with Crippen molar-refractivity contribution in [2.45, 2.75) is 19.6 Å². The highest BCUT2D eigenvalue weighted by atomic mass is 79.9. The highest BCUT2D eigenvalue weighted by Gasteiger charge is 2.36. The maximum atomic E-state index is 13.4. The second-order valence-electron chi connectivity index (χ2n) is 6.69. The monoisotopic (exact) mass is 556 g/mol. The van der Waals surface area contributed by atoms with Gasteiger partial charge in [-0.3, -0.25) is 9.48 Å². The summed E-state index contributed by atoms with van der Waals surface area (Å²) in [6, 6.07) is 7.93. The van der Waals surface area contributed by atoms with Gasteiger partial charge in [0.1, 0.15) is 5.69 Å². The Morgan fingerprint density at radius 1 is 1.23 bits per heavy atom. The Hall–Kier alpha value is -2.73. The molecule has 31 heavy (non-hydrogen) atoms. The van der Waals surface area contributed by atoms with Crippen molar-refractivity contribution in [2.24, 2.45) is 0 Å². The molecule has 0 aliphatic rings. The summed E-state index contributed by atoms with van der Waals surface area (Å²) in [5, 5.41) is 10.7. The lowest BCUT2D eigenvalue weighted by Crippen LogP contribution is -2.16. The molecule has 1 amide bonds. The fourth-order valence-electron chi connectivity index (χ4n) is 3.01. The fraction of sp³-hybridized carbons (Fsp3) is 0.158.